The van der Waals surface area contributed by atoms with Gasteiger partial charge in [-0.15, -0.1) is 5.10 Å². The molecule has 2 heterocycles. The monoisotopic (exact) mass is 377 g/mol. The van der Waals surface area contributed by atoms with E-state index in [1.807, 2.05) is 30.3 Å². The zero-order chi connectivity index (χ0) is 18.4. The average molecular weight is 377 g/mol. The molecular formula is C19H15N5O2S. The lowest BCUT2D eigenvalue weighted by atomic mass is 10.2. The first-order chi connectivity index (χ1) is 13.2. The Morgan fingerprint density at radius 3 is 2.85 bits per heavy atom. The Kier molecular flexibility index (Phi) is 3.64. The summed E-state index contributed by atoms with van der Waals surface area (Å²) in [6, 6.07) is 14.7. The standard InChI is InChI=1S/C19H15N5O2S/c25-16(20-12-8-9-12)11-4-3-5-13(10-11)21-18-23-24-17(26)14-6-1-2-7-15(14)22-19(24)27-18/h1-7,10,12H,8-9H2,(H,20,25)(H,21,23). The molecule has 0 spiro atoms. The van der Waals surface area contributed by atoms with Gasteiger partial charge in [0.15, 0.2) is 0 Å². The second-order valence-corrected chi connectivity index (χ2v) is 7.45. The zero-order valence-corrected chi connectivity index (χ0v) is 15.0. The summed E-state index contributed by atoms with van der Waals surface area (Å²) in [5.74, 6) is -0.0745. The van der Waals surface area contributed by atoms with Crippen molar-refractivity contribution < 1.29 is 4.79 Å². The zero-order valence-electron chi connectivity index (χ0n) is 14.2. The number of carbonyl (C=O) groups excluding carboxylic acids is 1. The highest BCUT2D eigenvalue weighted by molar-refractivity contribution is 7.20. The van der Waals surface area contributed by atoms with Crippen LogP contribution in [0.4, 0.5) is 10.8 Å². The van der Waals surface area contributed by atoms with Crippen LogP contribution in [-0.4, -0.2) is 26.5 Å². The summed E-state index contributed by atoms with van der Waals surface area (Å²) in [4.78, 5) is 29.8. The lowest BCUT2D eigenvalue weighted by Gasteiger charge is -2.06. The maximum absolute atomic E-state index is 12.6. The molecule has 0 saturated heterocycles. The van der Waals surface area contributed by atoms with Gasteiger partial charge in [-0.2, -0.15) is 4.52 Å². The van der Waals surface area contributed by atoms with E-state index in [9.17, 15) is 9.59 Å². The van der Waals surface area contributed by atoms with Crippen LogP contribution in [0, 0.1) is 0 Å². The second-order valence-electron chi connectivity index (χ2n) is 6.49. The highest BCUT2D eigenvalue weighted by Gasteiger charge is 2.23. The Balaban J connectivity index is 1.47. The van der Waals surface area contributed by atoms with Crippen molar-refractivity contribution in [2.24, 2.45) is 0 Å². The van der Waals surface area contributed by atoms with Gasteiger partial charge in [-0.25, -0.2) is 4.98 Å². The molecule has 0 radical (unpaired) electrons. The van der Waals surface area contributed by atoms with E-state index >= 15 is 0 Å². The number of hydrogen-bond donors (Lipinski definition) is 2. The van der Waals surface area contributed by atoms with Gasteiger partial charge in [-0.05, 0) is 43.2 Å². The molecule has 1 aliphatic rings. The summed E-state index contributed by atoms with van der Waals surface area (Å²) < 4.78 is 1.30. The molecule has 0 bridgehead atoms. The van der Waals surface area contributed by atoms with E-state index in [1.54, 1.807) is 18.2 Å². The molecule has 1 saturated carbocycles. The molecular weight excluding hydrogens is 362 g/mol. The quantitative estimate of drug-likeness (QED) is 0.571. The summed E-state index contributed by atoms with van der Waals surface area (Å²) in [5.41, 5.74) is 1.78. The predicted octanol–water partition coefficient (Wildman–Crippen LogP) is 2.94. The molecule has 8 heteroatoms. The number of hydrogen-bond acceptors (Lipinski definition) is 6. The number of nitrogens with zero attached hydrogens (tertiary/aromatic N) is 3. The molecule has 1 amide bonds. The maximum Gasteiger partial charge on any atom is 0.283 e. The predicted molar refractivity (Wildman–Crippen MR) is 105 cm³/mol. The molecule has 0 unspecified atom stereocenters. The molecule has 7 nitrogen and oxygen atoms in total. The van der Waals surface area contributed by atoms with Gasteiger partial charge in [0.1, 0.15) is 0 Å². The van der Waals surface area contributed by atoms with Crippen LogP contribution in [0.15, 0.2) is 53.3 Å². The van der Waals surface area contributed by atoms with Crippen molar-refractivity contribution in [3.05, 3.63) is 64.4 Å². The van der Waals surface area contributed by atoms with Crippen molar-refractivity contribution in [1.29, 1.82) is 0 Å². The molecule has 2 aromatic carbocycles. The van der Waals surface area contributed by atoms with Gasteiger partial charge in [0.2, 0.25) is 10.1 Å². The highest BCUT2D eigenvalue weighted by Crippen LogP contribution is 2.24. The Hall–Kier alpha value is -3.26. The fourth-order valence-corrected chi connectivity index (χ4v) is 3.68. The Morgan fingerprint density at radius 2 is 2.00 bits per heavy atom. The van der Waals surface area contributed by atoms with Crippen LogP contribution in [0.2, 0.25) is 0 Å². The molecule has 5 rings (SSSR count). The third-order valence-corrected chi connectivity index (χ3v) is 5.22. The molecule has 0 aliphatic heterocycles. The number of anilines is 2. The van der Waals surface area contributed by atoms with E-state index in [2.05, 4.69) is 20.7 Å². The number of rotatable bonds is 4. The van der Waals surface area contributed by atoms with Crippen LogP contribution in [0.5, 0.6) is 0 Å². The topological polar surface area (TPSA) is 88.4 Å². The molecule has 0 atom stereocenters. The van der Waals surface area contributed by atoms with Gasteiger partial charge in [0.05, 0.1) is 10.9 Å². The second kappa shape index (κ2) is 6.17. The summed E-state index contributed by atoms with van der Waals surface area (Å²) in [5, 5.41) is 11.5. The van der Waals surface area contributed by atoms with E-state index in [4.69, 9.17) is 0 Å². The molecule has 2 aromatic heterocycles. The summed E-state index contributed by atoms with van der Waals surface area (Å²) in [6.07, 6.45) is 2.09. The largest absolute Gasteiger partial charge is 0.349 e. The molecule has 27 heavy (non-hydrogen) atoms. The Labute approximate surface area is 157 Å². The van der Waals surface area contributed by atoms with Crippen LogP contribution in [0.25, 0.3) is 15.9 Å². The summed E-state index contributed by atoms with van der Waals surface area (Å²) >= 11 is 1.29. The highest BCUT2D eigenvalue weighted by atomic mass is 32.1. The minimum absolute atomic E-state index is 0.0745. The molecule has 2 N–H and O–H groups in total. The lowest BCUT2D eigenvalue weighted by molar-refractivity contribution is 0.0951. The fraction of sp³-hybridized carbons (Fsp3) is 0.158. The summed E-state index contributed by atoms with van der Waals surface area (Å²) in [7, 11) is 0. The van der Waals surface area contributed by atoms with Gasteiger partial charge < -0.3 is 10.6 Å². The van der Waals surface area contributed by atoms with Crippen molar-refractivity contribution in [3.8, 4) is 0 Å². The maximum atomic E-state index is 12.6. The first-order valence-corrected chi connectivity index (χ1v) is 9.45. The third-order valence-electron chi connectivity index (χ3n) is 4.39. The van der Waals surface area contributed by atoms with Crippen LogP contribution >= 0.6 is 11.3 Å². The molecule has 134 valence electrons. The van der Waals surface area contributed by atoms with Gasteiger partial charge in [0, 0.05) is 17.3 Å². The van der Waals surface area contributed by atoms with Crippen LogP contribution in [0.1, 0.15) is 23.2 Å². The van der Waals surface area contributed by atoms with Gasteiger partial charge in [-0.3, -0.25) is 9.59 Å². The number of fused-ring (bicyclic) bond motifs is 2. The minimum atomic E-state index is -0.197. The number of aromatic nitrogens is 3. The lowest BCUT2D eigenvalue weighted by Crippen LogP contribution is -2.25. The third kappa shape index (κ3) is 3.04. The molecule has 1 fully saturated rings. The van der Waals surface area contributed by atoms with E-state index in [0.717, 1.165) is 18.5 Å². The number of carbonyl (C=O) groups is 1. The molecule has 4 aromatic rings. The van der Waals surface area contributed by atoms with Crippen LogP contribution < -0.4 is 16.2 Å². The first kappa shape index (κ1) is 16.0. The van der Waals surface area contributed by atoms with Crippen LogP contribution in [-0.2, 0) is 0 Å². The smallest absolute Gasteiger partial charge is 0.283 e. The van der Waals surface area contributed by atoms with Gasteiger partial charge >= 0.3 is 0 Å². The summed E-state index contributed by atoms with van der Waals surface area (Å²) in [6.45, 7) is 0. The van der Waals surface area contributed by atoms with E-state index in [0.29, 0.717) is 32.6 Å². The normalized spacial score (nSPS) is 13.8. The van der Waals surface area contributed by atoms with E-state index < -0.39 is 0 Å². The Morgan fingerprint density at radius 1 is 1.15 bits per heavy atom. The number of benzene rings is 2. The van der Waals surface area contributed by atoms with Crippen molar-refractivity contribution in [2.75, 3.05) is 5.32 Å². The van der Waals surface area contributed by atoms with Crippen molar-refractivity contribution in [1.82, 2.24) is 19.9 Å². The van der Waals surface area contributed by atoms with Gasteiger partial charge in [0.25, 0.3) is 11.5 Å². The van der Waals surface area contributed by atoms with Crippen LogP contribution in [0.3, 0.4) is 0 Å². The average Bonchev–Trinajstić information content (AvgIpc) is 3.40. The number of nitrogens with one attached hydrogen (secondary N) is 2. The van der Waals surface area contributed by atoms with E-state index in [1.165, 1.54) is 15.9 Å². The Bertz CT molecular complexity index is 1240. The molecule has 1 aliphatic carbocycles. The fourth-order valence-electron chi connectivity index (χ4n) is 2.86. The van der Waals surface area contributed by atoms with E-state index in [-0.39, 0.29) is 11.5 Å². The number of amides is 1. The van der Waals surface area contributed by atoms with Crippen molar-refractivity contribution in [2.45, 2.75) is 18.9 Å². The first-order valence-electron chi connectivity index (χ1n) is 8.64. The van der Waals surface area contributed by atoms with Crippen molar-refractivity contribution >= 4 is 43.9 Å². The SMILES string of the molecule is O=C(NC1CC1)c1cccc(Nc2nn3c(=O)c4ccccc4nc3s2)c1. The number of para-hydroxylation sites is 1. The minimum Gasteiger partial charge on any atom is -0.349 e. The van der Waals surface area contributed by atoms with Gasteiger partial charge in [-0.1, -0.05) is 29.5 Å². The van der Waals surface area contributed by atoms with Crippen molar-refractivity contribution in [3.63, 3.8) is 0 Å².